The van der Waals surface area contributed by atoms with Crippen LogP contribution in [-0.4, -0.2) is 22.6 Å². The number of methoxy groups -OCH3 is 2. The van der Waals surface area contributed by atoms with Gasteiger partial charge in [-0.05, 0) is 36.8 Å². The highest BCUT2D eigenvalue weighted by atomic mass is 35.5. The summed E-state index contributed by atoms with van der Waals surface area (Å²) in [6, 6.07) is 9.52. The highest BCUT2D eigenvalue weighted by Gasteiger charge is 2.21. The quantitative estimate of drug-likeness (QED) is 0.904. The van der Waals surface area contributed by atoms with Gasteiger partial charge in [-0.15, -0.1) is 0 Å². The Morgan fingerprint density at radius 1 is 1.09 bits per heavy atom. The number of ether oxygens (including phenoxy) is 2. The number of benzene rings is 2. The van der Waals surface area contributed by atoms with E-state index in [9.17, 15) is 8.42 Å². The molecule has 0 saturated heterocycles. The van der Waals surface area contributed by atoms with Gasteiger partial charge in [-0.1, -0.05) is 17.7 Å². The van der Waals surface area contributed by atoms with Crippen LogP contribution in [0.5, 0.6) is 11.5 Å². The summed E-state index contributed by atoms with van der Waals surface area (Å²) >= 11 is 6.01. The Bertz CT molecular complexity index is 790. The number of anilines is 1. The number of halogens is 1. The molecule has 0 saturated carbocycles. The van der Waals surface area contributed by atoms with E-state index in [4.69, 9.17) is 21.1 Å². The summed E-state index contributed by atoms with van der Waals surface area (Å²) in [7, 11) is -0.912. The Kier molecular flexibility index (Phi) is 4.83. The first kappa shape index (κ1) is 16.5. The van der Waals surface area contributed by atoms with E-state index in [0.717, 1.165) is 0 Å². The lowest BCUT2D eigenvalue weighted by atomic mass is 10.2. The monoisotopic (exact) mass is 341 g/mol. The molecule has 0 unspecified atom stereocenters. The first-order chi connectivity index (χ1) is 10.4. The Morgan fingerprint density at radius 3 is 2.45 bits per heavy atom. The molecule has 118 valence electrons. The van der Waals surface area contributed by atoms with Crippen LogP contribution in [0.1, 0.15) is 5.56 Å². The van der Waals surface area contributed by atoms with Gasteiger partial charge < -0.3 is 9.47 Å². The van der Waals surface area contributed by atoms with E-state index in [1.54, 1.807) is 31.2 Å². The average Bonchev–Trinajstić information content (AvgIpc) is 2.51. The summed E-state index contributed by atoms with van der Waals surface area (Å²) in [5.41, 5.74) is 1.07. The molecule has 22 heavy (non-hydrogen) atoms. The van der Waals surface area contributed by atoms with Crippen molar-refractivity contribution in [2.24, 2.45) is 0 Å². The summed E-state index contributed by atoms with van der Waals surface area (Å²) in [4.78, 5) is 0.0233. The minimum absolute atomic E-state index is 0.0233. The highest BCUT2D eigenvalue weighted by molar-refractivity contribution is 7.92. The molecule has 0 atom stereocenters. The van der Waals surface area contributed by atoms with Crippen molar-refractivity contribution in [3.05, 3.63) is 47.0 Å². The predicted molar refractivity (Wildman–Crippen MR) is 86.5 cm³/mol. The molecule has 2 aromatic carbocycles. The molecular weight excluding hydrogens is 326 g/mol. The molecule has 0 spiro atoms. The fourth-order valence-corrected chi connectivity index (χ4v) is 3.36. The predicted octanol–water partition coefficient (Wildman–Crippen LogP) is 3.47. The van der Waals surface area contributed by atoms with E-state index in [1.807, 2.05) is 0 Å². The van der Waals surface area contributed by atoms with Crippen LogP contribution in [0.3, 0.4) is 0 Å². The van der Waals surface area contributed by atoms with Crippen molar-refractivity contribution in [3.63, 3.8) is 0 Å². The molecule has 0 fully saturated rings. The lowest BCUT2D eigenvalue weighted by molar-refractivity contribution is 0.386. The fraction of sp³-hybridized carbons (Fsp3) is 0.200. The van der Waals surface area contributed by atoms with Gasteiger partial charge >= 0.3 is 0 Å². The molecule has 7 heteroatoms. The number of rotatable bonds is 5. The third-order valence-corrected chi connectivity index (χ3v) is 4.99. The van der Waals surface area contributed by atoms with Gasteiger partial charge in [-0.3, -0.25) is 4.72 Å². The van der Waals surface area contributed by atoms with Crippen molar-refractivity contribution in [1.29, 1.82) is 0 Å². The van der Waals surface area contributed by atoms with E-state index in [-0.39, 0.29) is 10.6 Å². The second-order valence-electron chi connectivity index (χ2n) is 4.53. The summed E-state index contributed by atoms with van der Waals surface area (Å²) in [6.45, 7) is 1.74. The number of hydrogen-bond donors (Lipinski definition) is 1. The molecule has 2 rings (SSSR count). The maximum absolute atomic E-state index is 12.6. The molecule has 0 aromatic heterocycles. The zero-order chi connectivity index (χ0) is 16.3. The summed E-state index contributed by atoms with van der Waals surface area (Å²) < 4.78 is 37.9. The van der Waals surface area contributed by atoms with Crippen molar-refractivity contribution >= 4 is 27.3 Å². The number of nitrogens with one attached hydrogen (secondary N) is 1. The Hall–Kier alpha value is -1.92. The zero-order valence-electron chi connectivity index (χ0n) is 12.4. The Labute approximate surface area is 134 Å². The summed E-state index contributed by atoms with van der Waals surface area (Å²) in [6.07, 6.45) is 0. The average molecular weight is 342 g/mol. The Balaban J connectivity index is 2.45. The molecule has 2 aromatic rings. The zero-order valence-corrected chi connectivity index (χ0v) is 14.0. The van der Waals surface area contributed by atoms with Crippen LogP contribution < -0.4 is 14.2 Å². The van der Waals surface area contributed by atoms with E-state index in [0.29, 0.717) is 22.0 Å². The SMILES string of the molecule is COc1ccc(S(=O)(=O)Nc2cccc(Cl)c2C)c(OC)c1. The normalized spacial score (nSPS) is 11.1. The number of sulfonamides is 1. The smallest absolute Gasteiger partial charge is 0.265 e. The number of hydrogen-bond acceptors (Lipinski definition) is 4. The maximum Gasteiger partial charge on any atom is 0.265 e. The second kappa shape index (κ2) is 6.46. The minimum Gasteiger partial charge on any atom is -0.497 e. The molecule has 0 bridgehead atoms. The molecule has 0 amide bonds. The van der Waals surface area contributed by atoms with Crippen molar-refractivity contribution in [1.82, 2.24) is 0 Å². The molecule has 5 nitrogen and oxygen atoms in total. The van der Waals surface area contributed by atoms with Crippen molar-refractivity contribution in [3.8, 4) is 11.5 Å². The van der Waals surface area contributed by atoms with Crippen LogP contribution in [-0.2, 0) is 10.0 Å². The van der Waals surface area contributed by atoms with Gasteiger partial charge in [0, 0.05) is 11.1 Å². The van der Waals surface area contributed by atoms with Crippen LogP contribution >= 0.6 is 11.6 Å². The van der Waals surface area contributed by atoms with Crippen molar-refractivity contribution in [2.75, 3.05) is 18.9 Å². The minimum atomic E-state index is -3.81. The van der Waals surface area contributed by atoms with Crippen LogP contribution in [0.4, 0.5) is 5.69 Å². The molecule has 1 N–H and O–H groups in total. The maximum atomic E-state index is 12.6. The van der Waals surface area contributed by atoms with Crippen LogP contribution in [0.2, 0.25) is 5.02 Å². The standard InChI is InChI=1S/C15H16ClNO4S/c1-10-12(16)5-4-6-13(10)17-22(18,19)15-8-7-11(20-2)9-14(15)21-3/h4-9,17H,1-3H3. The summed E-state index contributed by atoms with van der Waals surface area (Å²) in [5, 5.41) is 0.488. The highest BCUT2D eigenvalue weighted by Crippen LogP contribution is 2.31. The van der Waals surface area contributed by atoms with E-state index in [2.05, 4.69) is 4.72 Å². The first-order valence-corrected chi connectivity index (χ1v) is 8.25. The fourth-order valence-electron chi connectivity index (χ4n) is 1.91. The third-order valence-electron chi connectivity index (χ3n) is 3.17. The lowest BCUT2D eigenvalue weighted by Gasteiger charge is -2.14. The third kappa shape index (κ3) is 3.28. The topological polar surface area (TPSA) is 64.6 Å². The van der Waals surface area contributed by atoms with Gasteiger partial charge in [-0.2, -0.15) is 0 Å². The van der Waals surface area contributed by atoms with Gasteiger partial charge in [0.2, 0.25) is 0 Å². The van der Waals surface area contributed by atoms with Crippen LogP contribution in [0.25, 0.3) is 0 Å². The molecule has 0 radical (unpaired) electrons. The van der Waals surface area contributed by atoms with E-state index in [1.165, 1.54) is 26.4 Å². The molecular formula is C15H16ClNO4S. The second-order valence-corrected chi connectivity index (χ2v) is 6.59. The van der Waals surface area contributed by atoms with Gasteiger partial charge in [0.05, 0.1) is 19.9 Å². The Morgan fingerprint density at radius 2 is 1.82 bits per heavy atom. The first-order valence-electron chi connectivity index (χ1n) is 6.39. The van der Waals surface area contributed by atoms with Gasteiger partial charge in [0.25, 0.3) is 10.0 Å². The van der Waals surface area contributed by atoms with Crippen LogP contribution in [0, 0.1) is 6.92 Å². The molecule has 0 aliphatic heterocycles. The van der Waals surface area contributed by atoms with Crippen molar-refractivity contribution < 1.29 is 17.9 Å². The molecule has 0 aliphatic rings. The molecule has 0 aliphatic carbocycles. The summed E-state index contributed by atoms with van der Waals surface area (Å²) in [5.74, 6) is 0.710. The van der Waals surface area contributed by atoms with Crippen LogP contribution in [0.15, 0.2) is 41.3 Å². The lowest BCUT2D eigenvalue weighted by Crippen LogP contribution is -2.15. The van der Waals surface area contributed by atoms with Crippen molar-refractivity contribution in [2.45, 2.75) is 11.8 Å². The molecule has 0 heterocycles. The van der Waals surface area contributed by atoms with E-state index < -0.39 is 10.0 Å². The van der Waals surface area contributed by atoms with E-state index >= 15 is 0 Å². The van der Waals surface area contributed by atoms with Gasteiger partial charge in [0.15, 0.2) is 0 Å². The van der Waals surface area contributed by atoms with Gasteiger partial charge in [0.1, 0.15) is 16.4 Å². The van der Waals surface area contributed by atoms with Gasteiger partial charge in [-0.25, -0.2) is 8.42 Å². The largest absolute Gasteiger partial charge is 0.497 e.